The van der Waals surface area contributed by atoms with Crippen LogP contribution in [0, 0.1) is 0 Å². The van der Waals surface area contributed by atoms with Crippen LogP contribution in [0.4, 0.5) is 0 Å². The molecule has 0 spiro atoms. The predicted octanol–water partition coefficient (Wildman–Crippen LogP) is -17.0. The number of aliphatic hydroxyl groups excluding tert-OH is 2. The van der Waals surface area contributed by atoms with Crippen LogP contribution in [0.3, 0.4) is 0 Å². The first-order chi connectivity index (χ1) is 14.1. The second kappa shape index (κ2) is 16.9. The fraction of sp³-hybridized carbons (Fsp3) is 0.600. The summed E-state index contributed by atoms with van der Waals surface area (Å²) in [6, 6.07) is 0.809. The van der Waals surface area contributed by atoms with E-state index in [2.05, 4.69) is 13.1 Å². The number of hydrogen-bond acceptors (Lipinski definition) is 16. The molecule has 0 bridgehead atoms. The van der Waals surface area contributed by atoms with Gasteiger partial charge >= 0.3 is 124 Å². The van der Waals surface area contributed by atoms with E-state index in [9.17, 15) is 53.1 Å². The molecule has 2 rings (SSSR count). The minimum atomic E-state index is -6.19. The number of rotatable bonds is 9. The SMILES string of the molecule is COc1cc(=O)[nH]c(=O)n1[C@@H]1O[C@H](COP(=O)([O-])OP(=O)([O-])OP(=O)([O-])[O-])[C@@H](O)[C@H]1O.[Na+].[Na+].[Na+].[Na+]. The molecule has 1 saturated heterocycles. The number of hydrogen-bond donors (Lipinski definition) is 3. The van der Waals surface area contributed by atoms with Crippen molar-refractivity contribution >= 4 is 23.5 Å². The third kappa shape index (κ3) is 12.9. The number of ether oxygens (including phenoxy) is 2. The molecule has 18 nitrogen and oxygen atoms in total. The van der Waals surface area contributed by atoms with Gasteiger partial charge in [0.2, 0.25) is 5.88 Å². The number of H-pyrrole nitrogens is 1. The van der Waals surface area contributed by atoms with Crippen molar-refractivity contribution in [1.82, 2.24) is 9.55 Å². The zero-order valence-electron chi connectivity index (χ0n) is 19.0. The fourth-order valence-electron chi connectivity index (χ4n) is 2.41. The number of aliphatic hydroxyl groups is 2. The molecule has 178 valence electrons. The summed E-state index contributed by atoms with van der Waals surface area (Å²) in [7, 11) is -17.2. The molecule has 1 aliphatic rings. The molecule has 6 atom stereocenters. The molecule has 1 aliphatic heterocycles. The first-order valence-electron chi connectivity index (χ1n) is 7.68. The van der Waals surface area contributed by atoms with Gasteiger partial charge in [0.1, 0.15) is 18.3 Å². The van der Waals surface area contributed by atoms with E-state index in [1.54, 1.807) is 0 Å². The normalized spacial score (nSPS) is 24.9. The quantitative estimate of drug-likeness (QED) is 0.175. The Kier molecular flexibility index (Phi) is 20.4. The summed E-state index contributed by atoms with van der Waals surface area (Å²) in [5.74, 6) is -0.395. The zero-order chi connectivity index (χ0) is 23.8. The molecule has 0 aliphatic carbocycles. The van der Waals surface area contributed by atoms with E-state index in [1.807, 2.05) is 4.98 Å². The largest absolute Gasteiger partial charge is 1.00 e. The summed E-state index contributed by atoms with van der Waals surface area (Å²) in [5.41, 5.74) is -1.98. The molecule has 0 aromatic carbocycles. The molecule has 1 aromatic heterocycles. The van der Waals surface area contributed by atoms with Crippen LogP contribution in [0.2, 0.25) is 0 Å². The van der Waals surface area contributed by atoms with Gasteiger partial charge in [-0.25, -0.2) is 13.7 Å². The van der Waals surface area contributed by atoms with Crippen molar-refractivity contribution in [3.63, 3.8) is 0 Å². The van der Waals surface area contributed by atoms with Crippen molar-refractivity contribution < 1.29 is 184 Å². The molecule has 2 heterocycles. The van der Waals surface area contributed by atoms with Crippen molar-refractivity contribution in [3.05, 3.63) is 26.9 Å². The molecule has 35 heavy (non-hydrogen) atoms. The summed E-state index contributed by atoms with van der Waals surface area (Å²) in [6.45, 7) is -1.21. The van der Waals surface area contributed by atoms with Gasteiger partial charge in [0.05, 0.1) is 27.6 Å². The van der Waals surface area contributed by atoms with Crippen molar-refractivity contribution in [1.29, 1.82) is 0 Å². The molecule has 0 amide bonds. The monoisotopic (exact) mass is 602 g/mol. The maximum absolute atomic E-state index is 12.0. The van der Waals surface area contributed by atoms with Crippen LogP contribution in [0.1, 0.15) is 6.23 Å². The Morgan fingerprint density at radius 3 is 2.03 bits per heavy atom. The number of nitrogens with zero attached hydrogens (tertiary/aromatic N) is 1. The molecule has 2 unspecified atom stereocenters. The minimum absolute atomic E-state index is 0. The minimum Gasteiger partial charge on any atom is -0.790 e. The average Bonchev–Trinajstić information content (AvgIpc) is 2.84. The smallest absolute Gasteiger partial charge is 0.790 e. The third-order valence-corrected chi connectivity index (χ3v) is 7.20. The molecular weight excluding hydrogens is 589 g/mol. The molecule has 3 N–H and O–H groups in total. The second-order valence-corrected chi connectivity index (χ2v) is 9.95. The molecule has 0 radical (unpaired) electrons. The van der Waals surface area contributed by atoms with E-state index in [-0.39, 0.29) is 118 Å². The van der Waals surface area contributed by atoms with Crippen LogP contribution in [-0.2, 0) is 31.6 Å². The first kappa shape index (κ1) is 42.2. The Hall–Kier alpha value is 2.77. The topological polar surface area (TPSA) is 285 Å². The first-order valence-corrected chi connectivity index (χ1v) is 12.1. The summed E-state index contributed by atoms with van der Waals surface area (Å²) in [4.78, 5) is 68.4. The van der Waals surface area contributed by atoms with E-state index >= 15 is 0 Å². The van der Waals surface area contributed by atoms with Crippen LogP contribution in [0.5, 0.6) is 5.88 Å². The Morgan fingerprint density at radius 1 is 1.00 bits per heavy atom. The predicted molar refractivity (Wildman–Crippen MR) is 84.7 cm³/mol. The van der Waals surface area contributed by atoms with E-state index < -0.39 is 71.7 Å². The van der Waals surface area contributed by atoms with Crippen LogP contribution in [0.25, 0.3) is 0 Å². The van der Waals surface area contributed by atoms with Crippen molar-refractivity contribution in [3.8, 4) is 5.88 Å². The van der Waals surface area contributed by atoms with Gasteiger partial charge in [0, 0.05) is 0 Å². The van der Waals surface area contributed by atoms with E-state index in [0.717, 1.165) is 13.2 Å². The van der Waals surface area contributed by atoms with Crippen LogP contribution in [-0.4, -0.2) is 51.8 Å². The van der Waals surface area contributed by atoms with Crippen LogP contribution in [0.15, 0.2) is 15.7 Å². The Balaban J connectivity index is -0.00000256. The van der Waals surface area contributed by atoms with Crippen LogP contribution < -0.4 is 154 Å². The van der Waals surface area contributed by atoms with Crippen molar-refractivity contribution in [2.24, 2.45) is 0 Å². The zero-order valence-corrected chi connectivity index (χ0v) is 29.7. The van der Waals surface area contributed by atoms with E-state index in [4.69, 9.17) is 9.47 Å². The van der Waals surface area contributed by atoms with Gasteiger partial charge in [-0.05, 0) is 0 Å². The number of nitrogens with one attached hydrogen (secondary N) is 1. The molecular formula is C10H13N2Na4O16P3. The maximum Gasteiger partial charge on any atom is 1.00 e. The molecule has 25 heteroatoms. The Labute approximate surface area is 284 Å². The summed E-state index contributed by atoms with van der Waals surface area (Å²) >= 11 is 0. The molecule has 0 saturated carbocycles. The second-order valence-electron chi connectivity index (χ2n) is 5.70. The van der Waals surface area contributed by atoms with Gasteiger partial charge in [-0.1, -0.05) is 0 Å². The fourth-order valence-corrected chi connectivity index (χ4v) is 5.28. The molecule has 1 fully saturated rings. The number of phosphoric acid groups is 3. The average molecular weight is 602 g/mol. The van der Waals surface area contributed by atoms with Gasteiger partial charge in [-0.3, -0.25) is 23.2 Å². The maximum atomic E-state index is 12.0. The third-order valence-electron chi connectivity index (χ3n) is 3.54. The number of phosphoric ester groups is 1. The van der Waals surface area contributed by atoms with Gasteiger partial charge in [0.15, 0.2) is 6.23 Å². The molecule has 1 aromatic rings. The van der Waals surface area contributed by atoms with E-state index in [1.165, 1.54) is 0 Å². The standard InChI is InChI=1S/C10H17N2O16P3.4Na/c1-24-6-2-5(13)11-10(16)12(6)9-8(15)7(14)4(26-9)3-25-30(20,21)28-31(22,23)27-29(17,18)19;;;;/h2,4,7-9,14-15H,3H2,1H3,(H,20,21)(H,22,23)(H,11,13,16)(H2,17,18,19);;;;/q;4*+1/p-4/t4-,7-,8-,9-;;;;/m1..../s1. The Morgan fingerprint density at radius 2 is 1.54 bits per heavy atom. The number of methoxy groups -OCH3 is 1. The summed E-state index contributed by atoms with van der Waals surface area (Å²) in [5, 5.41) is 20.1. The van der Waals surface area contributed by atoms with Gasteiger partial charge in [-0.15, -0.1) is 0 Å². The number of aromatic nitrogens is 2. The van der Waals surface area contributed by atoms with Crippen molar-refractivity contribution in [2.45, 2.75) is 24.5 Å². The summed E-state index contributed by atoms with van der Waals surface area (Å²) in [6.07, 6.45) is -7.23. The van der Waals surface area contributed by atoms with Gasteiger partial charge < -0.3 is 48.3 Å². The van der Waals surface area contributed by atoms with Gasteiger partial charge in [0.25, 0.3) is 21.2 Å². The van der Waals surface area contributed by atoms with Gasteiger partial charge in [-0.2, -0.15) is 0 Å². The van der Waals surface area contributed by atoms with Crippen LogP contribution >= 0.6 is 23.5 Å². The van der Waals surface area contributed by atoms with Crippen molar-refractivity contribution in [2.75, 3.05) is 13.7 Å². The summed E-state index contributed by atoms with van der Waals surface area (Å²) < 4.78 is 53.9. The van der Waals surface area contributed by atoms with E-state index in [0.29, 0.717) is 4.57 Å². The number of aromatic amines is 1. The Bertz CT molecular complexity index is 1080.